The van der Waals surface area contributed by atoms with Crippen molar-refractivity contribution in [2.45, 2.75) is 70.1 Å². The Hall–Kier alpha value is -2.77. The molecule has 38 heavy (non-hydrogen) atoms. The van der Waals surface area contributed by atoms with Gasteiger partial charge in [-0.15, -0.1) is 0 Å². The average Bonchev–Trinajstić information content (AvgIpc) is 3.72. The highest BCUT2D eigenvalue weighted by molar-refractivity contribution is 6.30. The quantitative estimate of drug-likeness (QED) is 0.448. The highest BCUT2D eigenvalue weighted by Crippen LogP contribution is 2.33. The predicted molar refractivity (Wildman–Crippen MR) is 152 cm³/mol. The molecule has 1 aliphatic carbocycles. The third-order valence-corrected chi connectivity index (χ3v) is 8.39. The molecule has 3 aliphatic rings. The van der Waals surface area contributed by atoms with E-state index in [0.717, 1.165) is 55.7 Å². The topological polar surface area (TPSA) is 84.9 Å². The number of halogens is 1. The van der Waals surface area contributed by atoms with Crippen molar-refractivity contribution in [3.05, 3.63) is 58.6 Å². The average molecular weight is 539 g/mol. The van der Waals surface area contributed by atoms with E-state index >= 15 is 0 Å². The van der Waals surface area contributed by atoms with Gasteiger partial charge in [-0.2, -0.15) is 0 Å². The summed E-state index contributed by atoms with van der Waals surface area (Å²) in [6.45, 7) is 5.49. The van der Waals surface area contributed by atoms with Crippen molar-refractivity contribution in [3.63, 3.8) is 0 Å². The van der Waals surface area contributed by atoms with Crippen LogP contribution in [0.1, 0.15) is 67.8 Å². The minimum absolute atomic E-state index is 0.0266. The van der Waals surface area contributed by atoms with E-state index in [9.17, 15) is 14.7 Å². The number of likely N-dealkylation sites (tertiary alicyclic amines) is 1. The van der Waals surface area contributed by atoms with Gasteiger partial charge in [-0.05, 0) is 87.3 Å². The zero-order valence-electron chi connectivity index (χ0n) is 22.2. The van der Waals surface area contributed by atoms with E-state index in [1.165, 1.54) is 0 Å². The Labute approximate surface area is 230 Å². The lowest BCUT2D eigenvalue weighted by Crippen LogP contribution is -2.46. The summed E-state index contributed by atoms with van der Waals surface area (Å²) < 4.78 is 0. The minimum atomic E-state index is -0.644. The number of nitrogens with one attached hydrogen (secondary N) is 2. The van der Waals surface area contributed by atoms with Gasteiger partial charge in [0.2, 0.25) is 5.91 Å². The molecule has 0 unspecified atom stereocenters. The van der Waals surface area contributed by atoms with Crippen LogP contribution in [0.4, 0.5) is 11.4 Å². The van der Waals surface area contributed by atoms with Crippen LogP contribution in [0, 0.1) is 5.92 Å². The number of amides is 2. The van der Waals surface area contributed by atoms with Crippen molar-refractivity contribution in [1.82, 2.24) is 10.2 Å². The summed E-state index contributed by atoms with van der Waals surface area (Å²) >= 11 is 6.19. The van der Waals surface area contributed by atoms with Gasteiger partial charge in [0, 0.05) is 55.8 Å². The number of carbonyl (C=O) groups excluding carboxylic acids is 2. The summed E-state index contributed by atoms with van der Waals surface area (Å²) in [5.41, 5.74) is 3.11. The zero-order chi connectivity index (χ0) is 26.7. The smallest absolute Gasteiger partial charge is 0.251 e. The molecule has 2 aliphatic heterocycles. The zero-order valence-corrected chi connectivity index (χ0v) is 23.0. The molecule has 2 aromatic rings. The second-order valence-corrected chi connectivity index (χ2v) is 11.9. The Morgan fingerprint density at radius 2 is 1.76 bits per heavy atom. The van der Waals surface area contributed by atoms with Gasteiger partial charge in [0.15, 0.2) is 0 Å². The van der Waals surface area contributed by atoms with Crippen molar-refractivity contribution < 1.29 is 14.7 Å². The molecule has 0 aromatic heterocycles. The van der Waals surface area contributed by atoms with Gasteiger partial charge >= 0.3 is 0 Å². The summed E-state index contributed by atoms with van der Waals surface area (Å²) in [6, 6.07) is 14.0. The monoisotopic (exact) mass is 538 g/mol. The van der Waals surface area contributed by atoms with E-state index in [-0.39, 0.29) is 11.8 Å². The molecule has 2 heterocycles. The Bertz CT molecular complexity index is 1150. The van der Waals surface area contributed by atoms with Crippen LogP contribution in [0.2, 0.25) is 5.02 Å². The Balaban J connectivity index is 1.22. The number of aliphatic hydroxyl groups is 1. The van der Waals surface area contributed by atoms with Crippen molar-refractivity contribution in [3.8, 4) is 0 Å². The number of anilines is 2. The summed E-state index contributed by atoms with van der Waals surface area (Å²) in [4.78, 5) is 29.9. The van der Waals surface area contributed by atoms with Crippen molar-refractivity contribution in [1.29, 1.82) is 0 Å². The van der Waals surface area contributed by atoms with E-state index in [1.807, 2.05) is 54.3 Å². The molecule has 5 rings (SSSR count). The lowest BCUT2D eigenvalue weighted by atomic mass is 9.90. The molecule has 204 valence electrons. The first-order chi connectivity index (χ1) is 18.3. The summed E-state index contributed by atoms with van der Waals surface area (Å²) in [5, 5.41) is 17.5. The fourth-order valence-electron chi connectivity index (χ4n) is 5.43. The van der Waals surface area contributed by atoms with Crippen LogP contribution >= 0.6 is 11.6 Å². The number of carbonyl (C=O) groups is 2. The van der Waals surface area contributed by atoms with E-state index < -0.39 is 5.60 Å². The number of benzene rings is 2. The first-order valence-electron chi connectivity index (χ1n) is 13.9. The van der Waals surface area contributed by atoms with Crippen molar-refractivity contribution in [2.75, 3.05) is 36.4 Å². The lowest BCUT2D eigenvalue weighted by Gasteiger charge is -2.38. The molecule has 7 nitrogen and oxygen atoms in total. The second-order valence-electron chi connectivity index (χ2n) is 11.5. The first-order valence-corrected chi connectivity index (χ1v) is 14.3. The Kier molecular flexibility index (Phi) is 8.15. The molecule has 2 amide bonds. The molecule has 3 fully saturated rings. The molecule has 8 heteroatoms. The number of piperidine rings is 2. The van der Waals surface area contributed by atoms with Gasteiger partial charge in [-0.3, -0.25) is 9.59 Å². The second kappa shape index (κ2) is 11.5. The number of hydrogen-bond donors (Lipinski definition) is 3. The fourth-order valence-corrected chi connectivity index (χ4v) is 5.64. The molecular weight excluding hydrogens is 500 g/mol. The summed E-state index contributed by atoms with van der Waals surface area (Å²) in [6.07, 6.45) is 5.90. The third-order valence-electron chi connectivity index (χ3n) is 8.16. The number of rotatable bonds is 8. The fraction of sp³-hybridized carbons (Fsp3) is 0.533. The molecule has 0 bridgehead atoms. The van der Waals surface area contributed by atoms with E-state index in [2.05, 4.69) is 15.5 Å². The minimum Gasteiger partial charge on any atom is -0.390 e. The molecule has 0 radical (unpaired) electrons. The number of nitrogens with zero attached hydrogens (tertiary/aromatic N) is 2. The van der Waals surface area contributed by atoms with Crippen LogP contribution < -0.4 is 15.5 Å². The van der Waals surface area contributed by atoms with Gasteiger partial charge < -0.3 is 25.5 Å². The van der Waals surface area contributed by atoms with Crippen LogP contribution in [0.5, 0.6) is 0 Å². The van der Waals surface area contributed by atoms with Crippen molar-refractivity contribution >= 4 is 34.8 Å². The normalized spacial score (nSPS) is 19.8. The molecular formula is C30H39ClN4O3. The third kappa shape index (κ3) is 7.00. The van der Waals surface area contributed by atoms with Crippen LogP contribution in [0.15, 0.2) is 42.5 Å². The largest absolute Gasteiger partial charge is 0.390 e. The van der Waals surface area contributed by atoms with E-state index in [4.69, 9.17) is 11.6 Å². The standard InChI is InChI=1S/C30H39ClN4O3/c1-30(38)11-15-35(16-12-30)28(36)18-21-9-13-34(14-10-21)27-8-5-23(29(37)33-25-6-7-25)19-26(27)32-20-22-3-2-4-24(31)17-22/h2-5,8,17,19,21,25,32,38H,6-7,9-16,18,20H2,1H3,(H,33,37). The SMILES string of the molecule is CC1(O)CCN(C(=O)CC2CCN(c3ccc(C(=O)NC4CC4)cc3NCc3cccc(Cl)c3)CC2)CC1. The number of hydrogen-bond acceptors (Lipinski definition) is 5. The first kappa shape index (κ1) is 26.8. The highest BCUT2D eigenvalue weighted by atomic mass is 35.5. The van der Waals surface area contributed by atoms with Crippen LogP contribution in [-0.2, 0) is 11.3 Å². The van der Waals surface area contributed by atoms with Gasteiger partial charge in [0.25, 0.3) is 5.91 Å². The van der Waals surface area contributed by atoms with E-state index in [1.54, 1.807) is 0 Å². The molecule has 2 aromatic carbocycles. The summed E-state index contributed by atoms with van der Waals surface area (Å²) in [5.74, 6) is 0.558. The molecule has 2 saturated heterocycles. The molecule has 1 saturated carbocycles. The maximum atomic E-state index is 12.9. The van der Waals surface area contributed by atoms with Gasteiger partial charge in [-0.1, -0.05) is 23.7 Å². The predicted octanol–water partition coefficient (Wildman–Crippen LogP) is 4.82. The van der Waals surface area contributed by atoms with Crippen LogP contribution in [0.25, 0.3) is 0 Å². The Morgan fingerprint density at radius 1 is 1.03 bits per heavy atom. The Morgan fingerprint density at radius 3 is 2.45 bits per heavy atom. The van der Waals surface area contributed by atoms with Crippen LogP contribution in [0.3, 0.4) is 0 Å². The van der Waals surface area contributed by atoms with E-state index in [0.29, 0.717) is 61.4 Å². The molecule has 0 spiro atoms. The maximum absolute atomic E-state index is 12.9. The highest BCUT2D eigenvalue weighted by Gasteiger charge is 2.31. The van der Waals surface area contributed by atoms with Crippen LogP contribution in [-0.4, -0.2) is 59.6 Å². The van der Waals surface area contributed by atoms with Gasteiger partial charge in [0.1, 0.15) is 0 Å². The van der Waals surface area contributed by atoms with Crippen molar-refractivity contribution in [2.24, 2.45) is 5.92 Å². The molecule has 0 atom stereocenters. The van der Waals surface area contributed by atoms with Gasteiger partial charge in [-0.25, -0.2) is 0 Å². The van der Waals surface area contributed by atoms with Gasteiger partial charge in [0.05, 0.1) is 17.0 Å². The molecule has 3 N–H and O–H groups in total. The summed E-state index contributed by atoms with van der Waals surface area (Å²) in [7, 11) is 0. The lowest BCUT2D eigenvalue weighted by molar-refractivity contribution is -0.136. The maximum Gasteiger partial charge on any atom is 0.251 e.